The summed E-state index contributed by atoms with van der Waals surface area (Å²) < 4.78 is 16.8. The Labute approximate surface area is 186 Å². The fourth-order valence-electron chi connectivity index (χ4n) is 6.72. The van der Waals surface area contributed by atoms with Crippen molar-refractivity contribution in [2.75, 3.05) is 25.5 Å². The van der Waals surface area contributed by atoms with Crippen LogP contribution in [0.1, 0.15) is 39.2 Å². The van der Waals surface area contributed by atoms with E-state index in [9.17, 15) is 14.4 Å². The molecule has 32 heavy (non-hydrogen) atoms. The first-order chi connectivity index (χ1) is 15.2. The molecule has 8 nitrogen and oxygen atoms in total. The van der Waals surface area contributed by atoms with Crippen LogP contribution in [0.2, 0.25) is 0 Å². The second kappa shape index (κ2) is 7.07. The van der Waals surface area contributed by atoms with Crippen LogP contribution in [0.3, 0.4) is 0 Å². The van der Waals surface area contributed by atoms with Crippen molar-refractivity contribution < 1.29 is 28.6 Å². The van der Waals surface area contributed by atoms with Gasteiger partial charge in [0.1, 0.15) is 6.10 Å². The van der Waals surface area contributed by atoms with E-state index in [2.05, 4.69) is 16.3 Å². The number of fused-ring (bicyclic) bond motifs is 2. The number of esters is 3. The molecule has 8 heteroatoms. The van der Waals surface area contributed by atoms with Crippen molar-refractivity contribution >= 4 is 23.6 Å². The number of benzene rings is 1. The zero-order valence-electron chi connectivity index (χ0n) is 18.8. The summed E-state index contributed by atoms with van der Waals surface area (Å²) in [5, 5.41) is 3.52. The zero-order valence-corrected chi connectivity index (χ0v) is 18.8. The summed E-state index contributed by atoms with van der Waals surface area (Å²) in [6.45, 7) is 5.58. The Morgan fingerprint density at radius 1 is 1.19 bits per heavy atom. The summed E-state index contributed by atoms with van der Waals surface area (Å²) in [5.74, 6) is -1.86. The summed E-state index contributed by atoms with van der Waals surface area (Å²) in [6, 6.07) is 8.30. The van der Waals surface area contributed by atoms with Crippen molar-refractivity contribution in [1.29, 1.82) is 0 Å². The highest BCUT2D eigenvalue weighted by molar-refractivity contribution is 5.94. The molecule has 4 aliphatic rings. The van der Waals surface area contributed by atoms with Gasteiger partial charge in [-0.1, -0.05) is 18.2 Å². The number of carbonyl (C=O) groups excluding carboxylic acids is 3. The maximum atomic E-state index is 13.3. The molecular formula is C24H28N2O6. The number of anilines is 1. The van der Waals surface area contributed by atoms with Gasteiger partial charge in [-0.25, -0.2) is 4.79 Å². The SMILES string of the molecule is COC(=O)C1=C2Nc3ccccc3C23CCN2C[C@@](OC(C)=O)([C@H](C)OC(C)=O)[C@@H]1C[C@H]23. The number of hydrogen-bond acceptors (Lipinski definition) is 8. The zero-order chi connectivity index (χ0) is 22.8. The first-order valence-electron chi connectivity index (χ1n) is 11.0. The molecule has 1 spiro atoms. The van der Waals surface area contributed by atoms with E-state index in [1.165, 1.54) is 26.5 Å². The Morgan fingerprint density at radius 2 is 1.94 bits per heavy atom. The number of nitrogens with one attached hydrogen (secondary N) is 1. The molecule has 1 unspecified atom stereocenters. The summed E-state index contributed by atoms with van der Waals surface area (Å²) in [4.78, 5) is 39.8. The third kappa shape index (κ3) is 2.62. The van der Waals surface area contributed by atoms with Crippen molar-refractivity contribution in [1.82, 2.24) is 4.90 Å². The molecule has 170 valence electrons. The van der Waals surface area contributed by atoms with Crippen molar-refractivity contribution in [2.45, 2.75) is 56.8 Å². The number of ether oxygens (including phenoxy) is 3. The Hall–Kier alpha value is -2.87. The molecule has 3 aliphatic heterocycles. The number of piperidine rings is 1. The van der Waals surface area contributed by atoms with E-state index < -0.39 is 35.5 Å². The van der Waals surface area contributed by atoms with E-state index >= 15 is 0 Å². The average molecular weight is 440 g/mol. The van der Waals surface area contributed by atoms with Gasteiger partial charge >= 0.3 is 17.9 Å². The van der Waals surface area contributed by atoms with Crippen LogP contribution in [-0.2, 0) is 34.0 Å². The quantitative estimate of drug-likeness (QED) is 0.562. The van der Waals surface area contributed by atoms with Crippen molar-refractivity contribution in [3.8, 4) is 0 Å². The number of methoxy groups -OCH3 is 1. The molecule has 0 saturated carbocycles. The molecule has 3 heterocycles. The number of para-hydroxylation sites is 1. The maximum absolute atomic E-state index is 13.3. The summed E-state index contributed by atoms with van der Waals surface area (Å²) in [5.41, 5.74) is 1.98. The second-order valence-electron chi connectivity index (χ2n) is 9.25. The molecule has 1 aromatic rings. The molecule has 0 radical (unpaired) electrons. The van der Waals surface area contributed by atoms with Gasteiger partial charge in [-0.05, 0) is 37.9 Å². The van der Waals surface area contributed by atoms with Gasteiger partial charge in [0.25, 0.3) is 0 Å². The average Bonchev–Trinajstić information content (AvgIpc) is 3.29. The fraction of sp³-hybridized carbons (Fsp3) is 0.542. The van der Waals surface area contributed by atoms with Gasteiger partial charge in [0.05, 0.1) is 18.1 Å². The largest absolute Gasteiger partial charge is 0.466 e. The highest BCUT2D eigenvalue weighted by Crippen LogP contribution is 2.62. The molecule has 2 bridgehead atoms. The van der Waals surface area contributed by atoms with Crippen molar-refractivity contribution in [3.05, 3.63) is 41.1 Å². The minimum Gasteiger partial charge on any atom is -0.466 e. The maximum Gasteiger partial charge on any atom is 0.335 e. The lowest BCUT2D eigenvalue weighted by molar-refractivity contribution is -0.206. The Balaban J connectivity index is 1.76. The molecule has 1 aliphatic carbocycles. The molecule has 5 atom stereocenters. The predicted molar refractivity (Wildman–Crippen MR) is 115 cm³/mol. The van der Waals surface area contributed by atoms with Crippen LogP contribution in [-0.4, -0.2) is 60.8 Å². The van der Waals surface area contributed by atoms with Gasteiger partial charge in [0.2, 0.25) is 0 Å². The third-order valence-corrected chi connectivity index (χ3v) is 7.80. The highest BCUT2D eigenvalue weighted by atomic mass is 16.6. The van der Waals surface area contributed by atoms with Crippen LogP contribution in [0.4, 0.5) is 5.69 Å². The van der Waals surface area contributed by atoms with E-state index in [1.54, 1.807) is 6.92 Å². The monoisotopic (exact) mass is 440 g/mol. The summed E-state index contributed by atoms with van der Waals surface area (Å²) in [7, 11) is 1.36. The second-order valence-corrected chi connectivity index (χ2v) is 9.25. The molecule has 5 rings (SSSR count). The topological polar surface area (TPSA) is 94.2 Å². The van der Waals surface area contributed by atoms with E-state index in [4.69, 9.17) is 14.2 Å². The van der Waals surface area contributed by atoms with Gasteiger partial charge in [-0.15, -0.1) is 0 Å². The Kier molecular flexibility index (Phi) is 4.64. The molecule has 1 N–H and O–H groups in total. The van der Waals surface area contributed by atoms with E-state index in [0.717, 1.165) is 24.4 Å². The fourth-order valence-corrected chi connectivity index (χ4v) is 6.72. The van der Waals surface area contributed by atoms with Gasteiger partial charge in [0, 0.05) is 43.7 Å². The molecule has 0 aromatic heterocycles. The number of carbonyl (C=O) groups is 3. The predicted octanol–water partition coefficient (Wildman–Crippen LogP) is 2.14. The van der Waals surface area contributed by atoms with Crippen LogP contribution in [0.5, 0.6) is 0 Å². The molecule has 2 saturated heterocycles. The van der Waals surface area contributed by atoms with Crippen LogP contribution in [0.25, 0.3) is 0 Å². The molecular weight excluding hydrogens is 412 g/mol. The van der Waals surface area contributed by atoms with E-state index in [0.29, 0.717) is 18.5 Å². The lowest BCUT2D eigenvalue weighted by atomic mass is 9.58. The first-order valence-corrected chi connectivity index (χ1v) is 11.0. The highest BCUT2D eigenvalue weighted by Gasteiger charge is 2.68. The minimum absolute atomic E-state index is 0.139. The number of nitrogens with zero attached hydrogens (tertiary/aromatic N) is 1. The first kappa shape index (κ1) is 21.0. The van der Waals surface area contributed by atoms with E-state index in [1.807, 2.05) is 18.2 Å². The standard InChI is InChI=1S/C24H28N2O6/c1-13(31-14(2)27)24(32-15(3)28)12-26-10-9-23-16-7-5-6-8-18(16)25-21(23)20(22(29)30-4)17(24)11-19(23)26/h5-8,13,17,19,25H,9-12H2,1-4H3/t13-,17+,19-,23?,24+/m0/s1. The van der Waals surface area contributed by atoms with Crippen LogP contribution in [0.15, 0.2) is 35.5 Å². The van der Waals surface area contributed by atoms with Crippen molar-refractivity contribution in [3.63, 3.8) is 0 Å². The lowest BCUT2D eigenvalue weighted by Gasteiger charge is -2.56. The molecule has 0 amide bonds. The van der Waals surface area contributed by atoms with Gasteiger partial charge < -0.3 is 19.5 Å². The van der Waals surface area contributed by atoms with Crippen LogP contribution < -0.4 is 5.32 Å². The van der Waals surface area contributed by atoms with Gasteiger partial charge in [-0.2, -0.15) is 0 Å². The number of hydrogen-bond donors (Lipinski definition) is 1. The Morgan fingerprint density at radius 3 is 2.62 bits per heavy atom. The van der Waals surface area contributed by atoms with Crippen LogP contribution in [0, 0.1) is 5.92 Å². The summed E-state index contributed by atoms with van der Waals surface area (Å²) in [6.07, 6.45) is 0.692. The molecule has 2 fully saturated rings. The van der Waals surface area contributed by atoms with Crippen LogP contribution >= 0.6 is 0 Å². The van der Waals surface area contributed by atoms with Gasteiger partial charge in [-0.3, -0.25) is 14.5 Å². The number of rotatable bonds is 4. The Bertz CT molecular complexity index is 1050. The summed E-state index contributed by atoms with van der Waals surface area (Å²) >= 11 is 0. The lowest BCUT2D eigenvalue weighted by Crippen LogP contribution is -2.68. The van der Waals surface area contributed by atoms with Crippen molar-refractivity contribution in [2.24, 2.45) is 5.92 Å². The normalized spacial score (nSPS) is 33.0. The third-order valence-electron chi connectivity index (χ3n) is 7.80. The molecule has 1 aromatic carbocycles. The van der Waals surface area contributed by atoms with E-state index in [-0.39, 0.29) is 11.5 Å². The smallest absolute Gasteiger partial charge is 0.335 e. The van der Waals surface area contributed by atoms with Gasteiger partial charge in [0.15, 0.2) is 5.60 Å². The minimum atomic E-state index is -1.20.